The van der Waals surface area contributed by atoms with E-state index in [0.29, 0.717) is 0 Å². The third kappa shape index (κ3) is 9.62. The number of hydrogen-bond donors (Lipinski definition) is 0. The van der Waals surface area contributed by atoms with Gasteiger partial charge in [-0.05, 0) is 6.42 Å². The number of hydrogen-bond acceptors (Lipinski definition) is 0. The Morgan fingerprint density at radius 3 is 2.55 bits per heavy atom. The van der Waals surface area contributed by atoms with Gasteiger partial charge in [-0.3, -0.25) is 0 Å². The highest BCUT2D eigenvalue weighted by atomic mass is 13.9. The molecule has 0 saturated heterocycles. The van der Waals surface area contributed by atoms with Gasteiger partial charge in [0.15, 0.2) is 0 Å². The van der Waals surface area contributed by atoms with Crippen LogP contribution in [0.5, 0.6) is 0 Å². The van der Waals surface area contributed by atoms with Crippen LogP contribution >= 0.6 is 0 Å². The van der Waals surface area contributed by atoms with Crippen LogP contribution in [0.15, 0.2) is 0 Å². The zero-order valence-corrected chi connectivity index (χ0v) is 7.69. The average molecular weight is 148 g/mol. The smallest absolute Gasteiger partial charge is 0.0708 e. The van der Waals surface area contributed by atoms with Gasteiger partial charge in [0.05, 0.1) is 7.85 Å². The van der Waals surface area contributed by atoms with Crippen molar-refractivity contribution in [1.82, 2.24) is 0 Å². The number of unbranched alkanes of at least 4 members (excludes halogenated alkanes) is 3. The van der Waals surface area contributed by atoms with Gasteiger partial charge in [-0.1, -0.05) is 32.5 Å². The van der Waals surface area contributed by atoms with E-state index in [-0.39, 0.29) is 5.82 Å². The van der Waals surface area contributed by atoms with Crippen molar-refractivity contribution in [1.29, 1.82) is 0 Å². The van der Waals surface area contributed by atoms with Gasteiger partial charge in [-0.15, -0.1) is 11.8 Å². The SMILES string of the molecule is [B][C@H](C)CC#CCCCCC. The highest BCUT2D eigenvalue weighted by Gasteiger charge is 1.86. The van der Waals surface area contributed by atoms with Crippen LogP contribution in [0.25, 0.3) is 0 Å². The molecule has 0 unspecified atom stereocenters. The van der Waals surface area contributed by atoms with E-state index in [1.165, 1.54) is 19.3 Å². The average Bonchev–Trinajstić information content (AvgIpc) is 1.96. The summed E-state index contributed by atoms with van der Waals surface area (Å²) in [5, 5.41) is 0. The molecule has 0 N–H and O–H groups in total. The summed E-state index contributed by atoms with van der Waals surface area (Å²) >= 11 is 0. The monoisotopic (exact) mass is 148 g/mol. The Morgan fingerprint density at radius 1 is 1.27 bits per heavy atom. The Balaban J connectivity index is 3.12. The predicted molar refractivity (Wildman–Crippen MR) is 51.7 cm³/mol. The van der Waals surface area contributed by atoms with Crippen LogP contribution in [-0.4, -0.2) is 7.85 Å². The molecule has 0 bridgehead atoms. The van der Waals surface area contributed by atoms with Crippen LogP contribution in [0.4, 0.5) is 0 Å². The van der Waals surface area contributed by atoms with E-state index in [0.717, 1.165) is 12.8 Å². The van der Waals surface area contributed by atoms with Crippen molar-refractivity contribution in [3.63, 3.8) is 0 Å². The largest absolute Gasteiger partial charge is 0.104 e. The first kappa shape index (κ1) is 10.6. The van der Waals surface area contributed by atoms with E-state index in [1.54, 1.807) is 0 Å². The molecule has 0 amide bonds. The minimum atomic E-state index is 0.230. The lowest BCUT2D eigenvalue weighted by Gasteiger charge is -1.93. The summed E-state index contributed by atoms with van der Waals surface area (Å²) in [6.45, 7) is 4.19. The molecule has 0 aliphatic rings. The van der Waals surface area contributed by atoms with E-state index in [4.69, 9.17) is 7.85 Å². The summed E-state index contributed by atoms with van der Waals surface area (Å²) in [4.78, 5) is 0. The van der Waals surface area contributed by atoms with Crippen LogP contribution in [0.2, 0.25) is 5.82 Å². The zero-order valence-electron chi connectivity index (χ0n) is 7.69. The Morgan fingerprint density at radius 2 is 2.00 bits per heavy atom. The molecule has 0 aliphatic heterocycles. The third-order valence-corrected chi connectivity index (χ3v) is 1.45. The van der Waals surface area contributed by atoms with Gasteiger partial charge in [0.25, 0.3) is 0 Å². The standard InChI is InChI=1S/C10H17B/c1-3-4-5-6-7-8-9-10(2)11/h10H,3-6,9H2,1-2H3/t10-/m1/s1. The highest BCUT2D eigenvalue weighted by molar-refractivity contribution is 6.11. The predicted octanol–water partition coefficient (Wildman–Crippen LogP) is 2.94. The first-order valence-corrected chi connectivity index (χ1v) is 4.48. The summed E-state index contributed by atoms with van der Waals surface area (Å²) in [6.07, 6.45) is 5.69. The second-order valence-corrected chi connectivity index (χ2v) is 2.99. The molecule has 0 heterocycles. The van der Waals surface area contributed by atoms with Gasteiger partial charge in [-0.25, -0.2) is 0 Å². The lowest BCUT2D eigenvalue weighted by atomic mass is 9.87. The van der Waals surface area contributed by atoms with Crippen LogP contribution < -0.4 is 0 Å². The summed E-state index contributed by atoms with van der Waals surface area (Å²) in [7, 11) is 5.53. The molecule has 0 aromatic rings. The minimum Gasteiger partial charge on any atom is -0.104 e. The molecule has 11 heavy (non-hydrogen) atoms. The summed E-state index contributed by atoms with van der Waals surface area (Å²) in [5.41, 5.74) is 0. The molecule has 1 atom stereocenters. The van der Waals surface area contributed by atoms with Crippen molar-refractivity contribution >= 4 is 7.85 Å². The Hall–Kier alpha value is -0.375. The molecule has 0 nitrogen and oxygen atoms in total. The third-order valence-electron chi connectivity index (χ3n) is 1.45. The molecule has 0 aromatic carbocycles. The van der Waals surface area contributed by atoms with Gasteiger partial charge >= 0.3 is 0 Å². The number of rotatable bonds is 4. The Labute approximate surface area is 72.2 Å². The van der Waals surface area contributed by atoms with Gasteiger partial charge in [0, 0.05) is 12.8 Å². The van der Waals surface area contributed by atoms with Crippen LogP contribution in [0, 0.1) is 11.8 Å². The second kappa shape index (κ2) is 7.73. The van der Waals surface area contributed by atoms with E-state index in [2.05, 4.69) is 18.8 Å². The van der Waals surface area contributed by atoms with Gasteiger partial charge in [0.2, 0.25) is 0 Å². The molecule has 0 aromatic heterocycles. The fourth-order valence-corrected chi connectivity index (χ4v) is 0.785. The molecule has 1 heteroatoms. The lowest BCUT2D eigenvalue weighted by molar-refractivity contribution is 0.736. The van der Waals surface area contributed by atoms with Crippen LogP contribution in [0.3, 0.4) is 0 Å². The summed E-state index contributed by atoms with van der Waals surface area (Å²) < 4.78 is 0. The zero-order chi connectivity index (χ0) is 8.53. The summed E-state index contributed by atoms with van der Waals surface area (Å²) in [6, 6.07) is 0. The second-order valence-electron chi connectivity index (χ2n) is 2.99. The Kier molecular flexibility index (Phi) is 7.47. The maximum absolute atomic E-state index is 5.53. The van der Waals surface area contributed by atoms with Crippen molar-refractivity contribution in [2.24, 2.45) is 0 Å². The molecule has 0 spiro atoms. The summed E-state index contributed by atoms with van der Waals surface area (Å²) in [5.74, 6) is 6.42. The molecule has 0 saturated carbocycles. The van der Waals surface area contributed by atoms with Crippen molar-refractivity contribution in [2.45, 2.75) is 51.8 Å². The quantitative estimate of drug-likeness (QED) is 0.326. The lowest BCUT2D eigenvalue weighted by Crippen LogP contribution is -1.80. The van der Waals surface area contributed by atoms with Crippen molar-refractivity contribution < 1.29 is 0 Å². The highest BCUT2D eigenvalue weighted by Crippen LogP contribution is 2.01. The molecular weight excluding hydrogens is 131 g/mol. The maximum atomic E-state index is 5.53. The van der Waals surface area contributed by atoms with E-state index in [9.17, 15) is 0 Å². The topological polar surface area (TPSA) is 0 Å². The maximum Gasteiger partial charge on any atom is 0.0708 e. The fraction of sp³-hybridized carbons (Fsp3) is 0.800. The van der Waals surface area contributed by atoms with E-state index < -0.39 is 0 Å². The first-order valence-electron chi connectivity index (χ1n) is 4.48. The molecule has 0 aliphatic carbocycles. The first-order chi connectivity index (χ1) is 5.27. The van der Waals surface area contributed by atoms with Gasteiger partial charge in [-0.2, -0.15) is 0 Å². The molecular formula is C10H17B. The van der Waals surface area contributed by atoms with Gasteiger partial charge in [0.1, 0.15) is 0 Å². The van der Waals surface area contributed by atoms with E-state index >= 15 is 0 Å². The normalized spacial score (nSPS) is 11.8. The van der Waals surface area contributed by atoms with E-state index in [1.807, 2.05) is 6.92 Å². The van der Waals surface area contributed by atoms with Gasteiger partial charge < -0.3 is 0 Å². The molecule has 0 fully saturated rings. The van der Waals surface area contributed by atoms with Crippen molar-refractivity contribution in [3.8, 4) is 11.8 Å². The molecule has 2 radical (unpaired) electrons. The van der Waals surface area contributed by atoms with Crippen LogP contribution in [0.1, 0.15) is 46.0 Å². The molecule has 0 rings (SSSR count). The fourth-order valence-electron chi connectivity index (χ4n) is 0.785. The van der Waals surface area contributed by atoms with Crippen molar-refractivity contribution in [3.05, 3.63) is 0 Å². The minimum absolute atomic E-state index is 0.230. The van der Waals surface area contributed by atoms with Crippen LogP contribution in [-0.2, 0) is 0 Å². The van der Waals surface area contributed by atoms with Crippen molar-refractivity contribution in [2.75, 3.05) is 0 Å². The Bertz CT molecular complexity index is 128. The molecule has 60 valence electrons.